The molecule has 1 spiro atoms. The van der Waals surface area contributed by atoms with Crippen LogP contribution in [0.2, 0.25) is 0 Å². The zero-order valence-corrected chi connectivity index (χ0v) is 12.7. The van der Waals surface area contributed by atoms with Gasteiger partial charge in [-0.1, -0.05) is 18.2 Å². The first kappa shape index (κ1) is 13.8. The lowest BCUT2D eigenvalue weighted by molar-refractivity contribution is -0.134. The van der Waals surface area contributed by atoms with Crippen molar-refractivity contribution >= 4 is 5.78 Å². The molecule has 3 atom stereocenters. The number of aliphatic hydroxyl groups is 1. The van der Waals surface area contributed by atoms with Crippen LogP contribution >= 0.6 is 0 Å². The molecule has 5 nitrogen and oxygen atoms in total. The molecule has 0 bridgehead atoms. The van der Waals surface area contributed by atoms with Gasteiger partial charge in [0, 0.05) is 12.1 Å². The highest BCUT2D eigenvalue weighted by molar-refractivity contribution is 5.94. The molecule has 1 aliphatic carbocycles. The minimum Gasteiger partial charge on any atom is -0.493 e. The van der Waals surface area contributed by atoms with Gasteiger partial charge in [-0.25, -0.2) is 0 Å². The molecule has 1 aromatic carbocycles. The van der Waals surface area contributed by atoms with Gasteiger partial charge in [-0.3, -0.25) is 4.79 Å². The molecule has 0 aromatic heterocycles. The van der Waals surface area contributed by atoms with E-state index in [2.05, 4.69) is 18.0 Å². The van der Waals surface area contributed by atoms with Crippen molar-refractivity contribution in [2.75, 3.05) is 20.7 Å². The Bertz CT molecular complexity index is 683. The first-order valence-corrected chi connectivity index (χ1v) is 7.53. The van der Waals surface area contributed by atoms with Crippen LogP contribution in [0.5, 0.6) is 11.5 Å². The molecule has 0 radical (unpaired) electrons. The van der Waals surface area contributed by atoms with Gasteiger partial charge in [0.1, 0.15) is 6.10 Å². The maximum Gasteiger partial charge on any atom is 0.206 e. The zero-order valence-electron chi connectivity index (χ0n) is 12.7. The highest BCUT2D eigenvalue weighted by Gasteiger charge is 2.56. The molecule has 22 heavy (non-hydrogen) atoms. The van der Waals surface area contributed by atoms with E-state index in [1.54, 1.807) is 13.2 Å². The predicted octanol–water partition coefficient (Wildman–Crippen LogP) is 1.03. The quantitative estimate of drug-likeness (QED) is 0.785. The summed E-state index contributed by atoms with van der Waals surface area (Å²) in [6.45, 7) is 1.68. The van der Waals surface area contributed by atoms with Crippen molar-refractivity contribution in [3.05, 3.63) is 35.4 Å². The average molecular weight is 301 g/mol. The fourth-order valence-corrected chi connectivity index (χ4v) is 3.96. The van der Waals surface area contributed by atoms with Gasteiger partial charge in [0.2, 0.25) is 5.78 Å². The lowest BCUT2D eigenvalue weighted by atomic mass is 9.68. The van der Waals surface area contributed by atoms with Gasteiger partial charge in [0.25, 0.3) is 0 Å². The molecule has 1 N–H and O–H groups in total. The van der Waals surface area contributed by atoms with Gasteiger partial charge in [-0.2, -0.15) is 0 Å². The number of aliphatic hydroxyl groups excluding tert-OH is 1. The summed E-state index contributed by atoms with van der Waals surface area (Å²) in [5.74, 6) is 1.04. The number of rotatable bonds is 1. The summed E-state index contributed by atoms with van der Waals surface area (Å²) in [5.41, 5.74) is 1.73. The SMILES string of the molecule is COc1ccc2c3c1O[C@H]1C(=O)[C@@H](O)C=C[C@@]31CCN(C)C2. The largest absolute Gasteiger partial charge is 0.493 e. The van der Waals surface area contributed by atoms with E-state index in [9.17, 15) is 9.90 Å². The molecule has 0 saturated heterocycles. The van der Waals surface area contributed by atoms with Crippen LogP contribution in [0.1, 0.15) is 17.5 Å². The van der Waals surface area contributed by atoms with Crippen LogP contribution in [0, 0.1) is 0 Å². The van der Waals surface area contributed by atoms with Crippen molar-refractivity contribution in [2.45, 2.75) is 30.6 Å². The molecule has 0 fully saturated rings. The number of hydrogen-bond acceptors (Lipinski definition) is 5. The Balaban J connectivity index is 1.99. The van der Waals surface area contributed by atoms with Crippen LogP contribution in [0.4, 0.5) is 0 Å². The monoisotopic (exact) mass is 301 g/mol. The third kappa shape index (κ3) is 1.63. The normalized spacial score (nSPS) is 33.0. The second-order valence-electron chi connectivity index (χ2n) is 6.36. The summed E-state index contributed by atoms with van der Waals surface area (Å²) in [6.07, 6.45) is 2.62. The molecule has 116 valence electrons. The van der Waals surface area contributed by atoms with Crippen LogP contribution in [0.3, 0.4) is 0 Å². The van der Waals surface area contributed by atoms with E-state index in [0.29, 0.717) is 11.5 Å². The molecule has 0 unspecified atom stereocenters. The molecular weight excluding hydrogens is 282 g/mol. The van der Waals surface area contributed by atoms with Crippen LogP contribution < -0.4 is 9.47 Å². The maximum absolute atomic E-state index is 12.5. The van der Waals surface area contributed by atoms with Gasteiger partial charge >= 0.3 is 0 Å². The number of carbonyl (C=O) groups is 1. The molecule has 2 aliphatic heterocycles. The summed E-state index contributed by atoms with van der Waals surface area (Å²) in [7, 11) is 3.68. The lowest BCUT2D eigenvalue weighted by Gasteiger charge is -2.34. The zero-order chi connectivity index (χ0) is 15.5. The Hall–Kier alpha value is -1.85. The summed E-state index contributed by atoms with van der Waals surface area (Å²) in [6, 6.07) is 3.94. The topological polar surface area (TPSA) is 59.0 Å². The maximum atomic E-state index is 12.5. The second-order valence-corrected chi connectivity index (χ2v) is 6.36. The minimum absolute atomic E-state index is 0.267. The van der Waals surface area contributed by atoms with Gasteiger partial charge in [0.15, 0.2) is 17.6 Å². The lowest BCUT2D eigenvalue weighted by Crippen LogP contribution is -2.50. The van der Waals surface area contributed by atoms with Crippen molar-refractivity contribution in [3.63, 3.8) is 0 Å². The number of methoxy groups -OCH3 is 1. The van der Waals surface area contributed by atoms with Crippen LogP contribution in [0.15, 0.2) is 24.3 Å². The number of ketones is 1. The molecule has 5 heteroatoms. The highest BCUT2D eigenvalue weighted by atomic mass is 16.5. The van der Waals surface area contributed by atoms with Crippen molar-refractivity contribution in [3.8, 4) is 11.5 Å². The Kier molecular flexibility index (Phi) is 2.86. The minimum atomic E-state index is -1.08. The Morgan fingerprint density at radius 2 is 2.27 bits per heavy atom. The molecule has 0 amide bonds. The molecule has 2 heterocycles. The van der Waals surface area contributed by atoms with E-state index >= 15 is 0 Å². The van der Waals surface area contributed by atoms with E-state index in [-0.39, 0.29) is 5.78 Å². The van der Waals surface area contributed by atoms with E-state index in [0.717, 1.165) is 30.6 Å². The number of benzene rings is 1. The summed E-state index contributed by atoms with van der Waals surface area (Å²) in [4.78, 5) is 14.7. The number of ether oxygens (including phenoxy) is 2. The standard InChI is InChI=1S/C17H19NO4/c1-18-8-7-17-6-5-11(19)14(20)16(17)22-15-12(21-2)4-3-10(9-18)13(15)17/h3-6,11,16,19H,7-9H2,1-2H3/t11-,16-,17+/m0/s1. The number of carbonyl (C=O) groups excluding carboxylic acids is 1. The average Bonchev–Trinajstić information content (AvgIpc) is 2.79. The van der Waals surface area contributed by atoms with E-state index < -0.39 is 17.6 Å². The third-order valence-corrected chi connectivity index (χ3v) is 5.07. The Labute approximate surface area is 129 Å². The fraction of sp³-hybridized carbons (Fsp3) is 0.471. The Morgan fingerprint density at radius 1 is 1.45 bits per heavy atom. The van der Waals surface area contributed by atoms with Gasteiger partial charge in [0.05, 0.1) is 12.5 Å². The van der Waals surface area contributed by atoms with Crippen molar-refractivity contribution in [1.29, 1.82) is 0 Å². The predicted molar refractivity (Wildman–Crippen MR) is 80.2 cm³/mol. The second kappa shape index (κ2) is 4.57. The molecule has 3 aliphatic rings. The fourth-order valence-electron chi connectivity index (χ4n) is 3.96. The van der Waals surface area contributed by atoms with Gasteiger partial charge in [-0.15, -0.1) is 0 Å². The number of Topliss-reactive ketones (excluding diaryl/α,β-unsaturated/α-hetero) is 1. The van der Waals surface area contributed by atoms with Gasteiger partial charge < -0.3 is 19.5 Å². The van der Waals surface area contributed by atoms with E-state index in [1.807, 2.05) is 12.1 Å². The summed E-state index contributed by atoms with van der Waals surface area (Å²) < 4.78 is 11.4. The summed E-state index contributed by atoms with van der Waals surface area (Å²) in [5, 5.41) is 9.89. The smallest absolute Gasteiger partial charge is 0.206 e. The third-order valence-electron chi connectivity index (χ3n) is 5.07. The van der Waals surface area contributed by atoms with Crippen LogP contribution in [0.25, 0.3) is 0 Å². The van der Waals surface area contributed by atoms with E-state index in [4.69, 9.17) is 9.47 Å². The van der Waals surface area contributed by atoms with Crippen molar-refractivity contribution < 1.29 is 19.4 Å². The molecule has 1 aromatic rings. The van der Waals surface area contributed by atoms with Crippen molar-refractivity contribution in [1.82, 2.24) is 4.90 Å². The Morgan fingerprint density at radius 3 is 3.05 bits per heavy atom. The molecular formula is C17H19NO4. The molecule has 4 rings (SSSR count). The highest BCUT2D eigenvalue weighted by Crippen LogP contribution is 2.54. The number of nitrogens with zero attached hydrogens (tertiary/aromatic N) is 1. The number of hydrogen-bond donors (Lipinski definition) is 1. The summed E-state index contributed by atoms with van der Waals surface area (Å²) >= 11 is 0. The first-order valence-electron chi connectivity index (χ1n) is 7.53. The van der Waals surface area contributed by atoms with Crippen LogP contribution in [-0.2, 0) is 16.8 Å². The van der Waals surface area contributed by atoms with E-state index in [1.165, 1.54) is 0 Å². The first-order chi connectivity index (χ1) is 10.6. The molecule has 0 saturated carbocycles. The van der Waals surface area contributed by atoms with Gasteiger partial charge in [-0.05, 0) is 31.6 Å². The van der Waals surface area contributed by atoms with Crippen molar-refractivity contribution in [2.24, 2.45) is 0 Å². The van der Waals surface area contributed by atoms with Crippen LogP contribution in [-0.4, -0.2) is 48.7 Å².